The largest absolute Gasteiger partial charge is 0.374 e. The molecule has 0 unspecified atom stereocenters. The first-order valence-corrected chi connectivity index (χ1v) is 17.5. The van der Waals surface area contributed by atoms with Crippen molar-refractivity contribution < 1.29 is 36.3 Å². The summed E-state index contributed by atoms with van der Waals surface area (Å²) in [4.78, 5) is 4.02. The molecule has 5 aromatic rings. The van der Waals surface area contributed by atoms with Crippen molar-refractivity contribution in [2.75, 3.05) is 6.61 Å². The highest BCUT2D eigenvalue weighted by Crippen LogP contribution is 2.33. The predicted octanol–water partition coefficient (Wildman–Crippen LogP) is 6.48. The van der Waals surface area contributed by atoms with Crippen molar-refractivity contribution in [1.82, 2.24) is 4.98 Å². The average molecular weight is 682 g/mol. The van der Waals surface area contributed by atoms with Crippen LogP contribution in [0.2, 0.25) is 0 Å². The molecule has 6 rings (SSSR count). The highest BCUT2D eigenvalue weighted by atomic mass is 32.2. The van der Waals surface area contributed by atoms with Crippen LogP contribution < -0.4 is 0 Å². The second-order valence-corrected chi connectivity index (χ2v) is 13.1. The quantitative estimate of drug-likeness (QED) is 0.108. The Balaban J connectivity index is 1.34. The summed E-state index contributed by atoms with van der Waals surface area (Å²) in [6.07, 6.45) is -3.44. The first-order chi connectivity index (χ1) is 24.0. The van der Waals surface area contributed by atoms with E-state index in [9.17, 15) is 8.42 Å². The van der Waals surface area contributed by atoms with Crippen molar-refractivity contribution in [1.29, 1.82) is 0 Å². The zero-order valence-electron chi connectivity index (χ0n) is 26.9. The predicted molar refractivity (Wildman–Crippen MR) is 182 cm³/mol. The third-order valence-electron chi connectivity index (χ3n) is 7.96. The molecule has 0 saturated carbocycles. The summed E-state index contributed by atoms with van der Waals surface area (Å²) in [6.45, 7) is 0.976. The van der Waals surface area contributed by atoms with E-state index in [-0.39, 0.29) is 31.5 Å². The van der Waals surface area contributed by atoms with Gasteiger partial charge in [0.25, 0.3) is 0 Å². The number of pyridine rings is 1. The molecule has 0 N–H and O–H groups in total. The lowest BCUT2D eigenvalue weighted by Gasteiger charge is -2.45. The summed E-state index contributed by atoms with van der Waals surface area (Å²) in [5, 5.41) is -0.249. The minimum Gasteiger partial charge on any atom is -0.374 e. The minimum absolute atomic E-state index is 0.0639. The van der Waals surface area contributed by atoms with Crippen LogP contribution >= 0.6 is 0 Å². The molecule has 4 aromatic carbocycles. The van der Waals surface area contributed by atoms with E-state index in [1.165, 1.54) is 12.3 Å². The van der Waals surface area contributed by atoms with E-state index in [2.05, 4.69) is 4.98 Å². The molecule has 2 heterocycles. The van der Waals surface area contributed by atoms with Gasteiger partial charge in [0.2, 0.25) is 6.29 Å². The lowest BCUT2D eigenvalue weighted by Crippen LogP contribution is -2.62. The first kappa shape index (κ1) is 34.6. The monoisotopic (exact) mass is 681 g/mol. The number of rotatable bonds is 16. The molecule has 10 heteroatoms. The summed E-state index contributed by atoms with van der Waals surface area (Å²) < 4.78 is 65.4. The smallest absolute Gasteiger partial charge is 0.317 e. The Morgan fingerprint density at radius 1 is 0.531 bits per heavy atom. The fraction of sp³-hybridized carbons (Fsp3) is 0.256. The summed E-state index contributed by atoms with van der Waals surface area (Å²) in [7, 11) is -4.38. The van der Waals surface area contributed by atoms with Gasteiger partial charge in [0, 0.05) is 6.20 Å². The molecule has 0 radical (unpaired) electrons. The van der Waals surface area contributed by atoms with E-state index in [4.69, 9.17) is 27.9 Å². The van der Waals surface area contributed by atoms with Crippen molar-refractivity contribution in [3.63, 3.8) is 0 Å². The third-order valence-corrected chi connectivity index (χ3v) is 9.15. The molecule has 1 aromatic heterocycles. The molecule has 0 spiro atoms. The highest BCUT2D eigenvalue weighted by Gasteiger charge is 2.50. The number of benzene rings is 4. The van der Waals surface area contributed by atoms with E-state index in [1.807, 2.05) is 121 Å². The number of aromatic nitrogens is 1. The molecule has 1 fully saturated rings. The third kappa shape index (κ3) is 9.90. The Morgan fingerprint density at radius 3 is 1.47 bits per heavy atom. The number of hydrogen-bond acceptors (Lipinski definition) is 9. The van der Waals surface area contributed by atoms with Crippen molar-refractivity contribution in [2.45, 2.75) is 62.2 Å². The van der Waals surface area contributed by atoms with Gasteiger partial charge in [-0.15, -0.1) is 0 Å². The van der Waals surface area contributed by atoms with Crippen LogP contribution in [0.25, 0.3) is 0 Å². The molecular weight excluding hydrogens is 642 g/mol. The standard InChI is InChI=1S/C39H39NO8S/c41-49(42,35-23-13-14-24-40-35)48-39-38(46-28-33-21-11-4-12-22-33)37(45-27-32-19-9-3-10-20-32)36(44-26-31-17-7-2-8-18-31)34(47-39)29-43-25-30-15-5-1-6-16-30/h1-24,34,36-39H,25-29H2/t34-,36-,37+,38-,39+/m1/s1. The maximum absolute atomic E-state index is 13.6. The zero-order chi connectivity index (χ0) is 33.7. The molecule has 0 bridgehead atoms. The molecule has 1 aliphatic heterocycles. The van der Waals surface area contributed by atoms with Crippen molar-refractivity contribution in [3.05, 3.63) is 168 Å². The minimum atomic E-state index is -4.38. The second-order valence-electron chi connectivity index (χ2n) is 11.5. The summed E-state index contributed by atoms with van der Waals surface area (Å²) in [6, 6.07) is 43.4. The van der Waals surface area contributed by atoms with Crippen LogP contribution in [-0.2, 0) is 64.4 Å². The molecule has 1 saturated heterocycles. The van der Waals surface area contributed by atoms with Crippen LogP contribution in [0.5, 0.6) is 0 Å². The van der Waals surface area contributed by atoms with E-state index < -0.39 is 40.8 Å². The van der Waals surface area contributed by atoms with Gasteiger partial charge in [-0.2, -0.15) is 8.42 Å². The molecule has 5 atom stereocenters. The highest BCUT2D eigenvalue weighted by molar-refractivity contribution is 7.86. The van der Waals surface area contributed by atoms with Gasteiger partial charge in [0.05, 0.1) is 33.0 Å². The normalized spacial score (nSPS) is 20.9. The molecule has 49 heavy (non-hydrogen) atoms. The summed E-state index contributed by atoms with van der Waals surface area (Å²) in [5.41, 5.74) is 3.73. The van der Waals surface area contributed by atoms with Crippen LogP contribution in [0.3, 0.4) is 0 Å². The van der Waals surface area contributed by atoms with E-state index in [1.54, 1.807) is 12.1 Å². The van der Waals surface area contributed by atoms with Gasteiger partial charge in [-0.1, -0.05) is 127 Å². The van der Waals surface area contributed by atoms with Crippen molar-refractivity contribution in [2.24, 2.45) is 0 Å². The molecule has 254 valence electrons. The molecule has 1 aliphatic rings. The summed E-state index contributed by atoms with van der Waals surface area (Å²) in [5.74, 6) is 0. The number of hydrogen-bond donors (Lipinski definition) is 0. The lowest BCUT2D eigenvalue weighted by atomic mass is 9.98. The maximum atomic E-state index is 13.6. The van der Waals surface area contributed by atoms with Crippen LogP contribution in [0.4, 0.5) is 0 Å². The van der Waals surface area contributed by atoms with Crippen molar-refractivity contribution >= 4 is 10.1 Å². The van der Waals surface area contributed by atoms with Gasteiger partial charge in [-0.3, -0.25) is 0 Å². The van der Waals surface area contributed by atoms with Crippen LogP contribution in [0.1, 0.15) is 22.3 Å². The lowest BCUT2D eigenvalue weighted by molar-refractivity contribution is -0.309. The van der Waals surface area contributed by atoms with Gasteiger partial charge in [0.15, 0.2) is 5.03 Å². The topological polar surface area (TPSA) is 102 Å². The van der Waals surface area contributed by atoms with E-state index >= 15 is 0 Å². The van der Waals surface area contributed by atoms with E-state index in [0.29, 0.717) is 6.61 Å². The Kier molecular flexibility index (Phi) is 12.3. The van der Waals surface area contributed by atoms with Gasteiger partial charge in [-0.25, -0.2) is 9.17 Å². The average Bonchev–Trinajstić information content (AvgIpc) is 3.15. The van der Waals surface area contributed by atoms with Crippen LogP contribution in [0, 0.1) is 0 Å². The Morgan fingerprint density at radius 2 is 0.980 bits per heavy atom. The maximum Gasteiger partial charge on any atom is 0.317 e. The second kappa shape index (κ2) is 17.4. The molecule has 0 amide bonds. The van der Waals surface area contributed by atoms with Gasteiger partial charge in [0.1, 0.15) is 24.4 Å². The van der Waals surface area contributed by atoms with Crippen LogP contribution in [0.15, 0.2) is 151 Å². The Labute approximate surface area is 287 Å². The van der Waals surface area contributed by atoms with Crippen molar-refractivity contribution in [3.8, 4) is 0 Å². The number of ether oxygens (including phenoxy) is 5. The van der Waals surface area contributed by atoms with Gasteiger partial charge >= 0.3 is 10.1 Å². The molecule has 0 aliphatic carbocycles. The molecular formula is C39H39NO8S. The van der Waals surface area contributed by atoms with E-state index in [0.717, 1.165) is 22.3 Å². The number of nitrogens with zero attached hydrogens (tertiary/aromatic N) is 1. The SMILES string of the molecule is O=S(=O)(O[C@@H]1O[C@H](COCc2ccccc2)[C@@H](OCc2ccccc2)[C@H](OCc2ccccc2)[C@H]1OCc1ccccc1)c1ccccn1. The first-order valence-electron chi connectivity index (χ1n) is 16.1. The fourth-order valence-electron chi connectivity index (χ4n) is 5.49. The summed E-state index contributed by atoms with van der Waals surface area (Å²) >= 11 is 0. The Hall–Kier alpha value is -4.26. The fourth-order valence-corrected chi connectivity index (χ4v) is 6.43. The van der Waals surface area contributed by atoms with Crippen LogP contribution in [-0.4, -0.2) is 50.7 Å². The van der Waals surface area contributed by atoms with Gasteiger partial charge in [-0.05, 0) is 34.4 Å². The Bertz CT molecular complexity index is 1780. The molecule has 9 nitrogen and oxygen atoms in total. The van der Waals surface area contributed by atoms with Gasteiger partial charge < -0.3 is 23.7 Å². The zero-order valence-corrected chi connectivity index (χ0v) is 27.7.